The lowest BCUT2D eigenvalue weighted by atomic mass is 9.97. The van der Waals surface area contributed by atoms with Gasteiger partial charge in [-0.15, -0.1) is 0 Å². The molecule has 0 bridgehead atoms. The normalized spacial score (nSPS) is 15.1. The summed E-state index contributed by atoms with van der Waals surface area (Å²) in [7, 11) is 0. The Morgan fingerprint density at radius 2 is 1.86 bits per heavy atom. The number of hydrogen-bond donors (Lipinski definition) is 0. The highest BCUT2D eigenvalue weighted by Crippen LogP contribution is 2.33. The predicted octanol–water partition coefficient (Wildman–Crippen LogP) is 4.70. The van der Waals surface area contributed by atoms with Gasteiger partial charge in [-0.3, -0.25) is 0 Å². The minimum absolute atomic E-state index is 0.170. The molecule has 0 N–H and O–H groups in total. The molecule has 0 radical (unpaired) electrons. The number of hydrogen-bond acceptors (Lipinski definition) is 0. The van der Waals surface area contributed by atoms with Crippen LogP contribution in [0.5, 0.6) is 0 Å². The van der Waals surface area contributed by atoms with Gasteiger partial charge in [0, 0.05) is 4.83 Å². The van der Waals surface area contributed by atoms with E-state index in [-0.39, 0.29) is 5.82 Å². The van der Waals surface area contributed by atoms with Crippen molar-refractivity contribution in [3.8, 4) is 0 Å². The summed E-state index contributed by atoms with van der Waals surface area (Å²) >= 11 is 3.65. The minimum atomic E-state index is -0.170. The minimum Gasteiger partial charge on any atom is -0.207 e. The SMILES string of the molecule is CCCC(C)C(Br)c1ccc(F)cc1. The molecule has 0 nitrogen and oxygen atoms in total. The van der Waals surface area contributed by atoms with Crippen LogP contribution >= 0.6 is 15.9 Å². The van der Waals surface area contributed by atoms with Crippen molar-refractivity contribution in [2.45, 2.75) is 31.5 Å². The van der Waals surface area contributed by atoms with Crippen molar-refractivity contribution in [2.75, 3.05) is 0 Å². The summed E-state index contributed by atoms with van der Waals surface area (Å²) in [5.41, 5.74) is 1.16. The van der Waals surface area contributed by atoms with Gasteiger partial charge in [0.25, 0.3) is 0 Å². The molecule has 1 aromatic carbocycles. The van der Waals surface area contributed by atoms with Crippen LogP contribution in [0.2, 0.25) is 0 Å². The van der Waals surface area contributed by atoms with Crippen LogP contribution in [0.4, 0.5) is 4.39 Å². The molecular formula is C12H16BrF. The summed E-state index contributed by atoms with van der Waals surface area (Å²) in [5, 5.41) is 0. The number of rotatable bonds is 4. The number of halogens is 2. The molecule has 0 aliphatic heterocycles. The molecule has 0 fully saturated rings. The molecule has 1 rings (SSSR count). The van der Waals surface area contributed by atoms with Gasteiger partial charge in [0.15, 0.2) is 0 Å². The van der Waals surface area contributed by atoms with E-state index in [0.717, 1.165) is 5.56 Å². The van der Waals surface area contributed by atoms with E-state index in [1.54, 1.807) is 0 Å². The van der Waals surface area contributed by atoms with E-state index in [9.17, 15) is 4.39 Å². The van der Waals surface area contributed by atoms with Crippen molar-refractivity contribution in [2.24, 2.45) is 5.92 Å². The molecule has 0 aliphatic rings. The zero-order valence-corrected chi connectivity index (χ0v) is 10.2. The van der Waals surface area contributed by atoms with Gasteiger partial charge in [0.1, 0.15) is 5.82 Å². The predicted molar refractivity (Wildman–Crippen MR) is 62.1 cm³/mol. The van der Waals surface area contributed by atoms with Gasteiger partial charge in [-0.25, -0.2) is 4.39 Å². The molecule has 0 amide bonds. The second-order valence-corrected chi connectivity index (χ2v) is 4.71. The Kier molecular flexibility index (Phi) is 4.59. The first-order valence-electron chi connectivity index (χ1n) is 5.04. The maximum atomic E-state index is 12.7. The summed E-state index contributed by atoms with van der Waals surface area (Å²) in [6.07, 6.45) is 2.37. The lowest BCUT2D eigenvalue weighted by molar-refractivity contribution is 0.518. The maximum absolute atomic E-state index is 12.7. The lowest BCUT2D eigenvalue weighted by Gasteiger charge is -2.17. The van der Waals surface area contributed by atoms with Crippen LogP contribution in [0.25, 0.3) is 0 Å². The summed E-state index contributed by atoms with van der Waals surface area (Å²) in [5.74, 6) is 0.419. The second-order valence-electron chi connectivity index (χ2n) is 3.72. The fourth-order valence-corrected chi connectivity index (χ4v) is 2.15. The van der Waals surface area contributed by atoms with Crippen LogP contribution in [0.1, 0.15) is 37.1 Å². The largest absolute Gasteiger partial charge is 0.207 e. The average Bonchev–Trinajstić information content (AvgIpc) is 2.18. The molecule has 0 spiro atoms. The summed E-state index contributed by atoms with van der Waals surface area (Å²) in [6, 6.07) is 6.73. The summed E-state index contributed by atoms with van der Waals surface area (Å²) < 4.78 is 12.7. The Morgan fingerprint density at radius 3 is 2.36 bits per heavy atom. The number of alkyl halides is 1. The van der Waals surface area contributed by atoms with Crippen molar-refractivity contribution < 1.29 is 4.39 Å². The Labute approximate surface area is 93.7 Å². The monoisotopic (exact) mass is 258 g/mol. The molecule has 0 saturated heterocycles. The van der Waals surface area contributed by atoms with E-state index in [1.165, 1.54) is 25.0 Å². The van der Waals surface area contributed by atoms with E-state index in [4.69, 9.17) is 0 Å². The molecule has 2 unspecified atom stereocenters. The van der Waals surface area contributed by atoms with E-state index < -0.39 is 0 Å². The van der Waals surface area contributed by atoms with Crippen LogP contribution < -0.4 is 0 Å². The van der Waals surface area contributed by atoms with Crippen LogP contribution in [-0.2, 0) is 0 Å². The van der Waals surface area contributed by atoms with Crippen LogP contribution in [-0.4, -0.2) is 0 Å². The van der Waals surface area contributed by atoms with Gasteiger partial charge in [-0.1, -0.05) is 48.3 Å². The Morgan fingerprint density at radius 1 is 1.29 bits per heavy atom. The zero-order chi connectivity index (χ0) is 10.6. The molecule has 0 saturated carbocycles. The van der Waals surface area contributed by atoms with E-state index in [2.05, 4.69) is 29.8 Å². The Hall–Kier alpha value is -0.370. The molecule has 0 heterocycles. The molecule has 0 aliphatic carbocycles. The quantitative estimate of drug-likeness (QED) is 0.687. The molecule has 1 aromatic rings. The van der Waals surface area contributed by atoms with Crippen molar-refractivity contribution in [1.82, 2.24) is 0 Å². The highest BCUT2D eigenvalue weighted by molar-refractivity contribution is 9.09. The Bertz CT molecular complexity index is 268. The highest BCUT2D eigenvalue weighted by atomic mass is 79.9. The van der Waals surface area contributed by atoms with Crippen molar-refractivity contribution in [1.29, 1.82) is 0 Å². The van der Waals surface area contributed by atoms with Gasteiger partial charge >= 0.3 is 0 Å². The summed E-state index contributed by atoms with van der Waals surface area (Å²) in [6.45, 7) is 4.40. The fourth-order valence-electron chi connectivity index (χ4n) is 1.58. The first kappa shape index (κ1) is 11.7. The first-order valence-corrected chi connectivity index (χ1v) is 5.96. The van der Waals surface area contributed by atoms with Gasteiger partial charge in [0.05, 0.1) is 0 Å². The second kappa shape index (κ2) is 5.50. The van der Waals surface area contributed by atoms with Crippen LogP contribution in [0.15, 0.2) is 24.3 Å². The molecular weight excluding hydrogens is 243 g/mol. The van der Waals surface area contributed by atoms with Crippen LogP contribution in [0.3, 0.4) is 0 Å². The average molecular weight is 259 g/mol. The molecule has 2 heteroatoms. The lowest BCUT2D eigenvalue weighted by Crippen LogP contribution is -2.02. The smallest absolute Gasteiger partial charge is 0.123 e. The maximum Gasteiger partial charge on any atom is 0.123 e. The van der Waals surface area contributed by atoms with E-state index in [1.807, 2.05) is 12.1 Å². The number of benzene rings is 1. The molecule has 14 heavy (non-hydrogen) atoms. The topological polar surface area (TPSA) is 0 Å². The van der Waals surface area contributed by atoms with Gasteiger partial charge in [-0.05, 0) is 30.0 Å². The van der Waals surface area contributed by atoms with E-state index >= 15 is 0 Å². The summed E-state index contributed by atoms with van der Waals surface area (Å²) in [4.78, 5) is 0.336. The van der Waals surface area contributed by atoms with Gasteiger partial charge in [-0.2, -0.15) is 0 Å². The van der Waals surface area contributed by atoms with Gasteiger partial charge in [0.2, 0.25) is 0 Å². The highest BCUT2D eigenvalue weighted by Gasteiger charge is 2.14. The molecule has 0 aromatic heterocycles. The van der Waals surface area contributed by atoms with Crippen LogP contribution in [0, 0.1) is 11.7 Å². The Balaban J connectivity index is 2.68. The standard InChI is InChI=1S/C12H16BrF/c1-3-4-9(2)12(13)10-5-7-11(14)8-6-10/h5-9,12H,3-4H2,1-2H3. The van der Waals surface area contributed by atoms with Crippen molar-refractivity contribution in [3.05, 3.63) is 35.6 Å². The molecule has 2 atom stereocenters. The first-order chi connectivity index (χ1) is 6.65. The zero-order valence-electron chi connectivity index (χ0n) is 8.63. The fraction of sp³-hybridized carbons (Fsp3) is 0.500. The third-order valence-corrected chi connectivity index (χ3v) is 3.86. The molecule has 78 valence electrons. The van der Waals surface area contributed by atoms with Gasteiger partial charge < -0.3 is 0 Å². The van der Waals surface area contributed by atoms with E-state index in [0.29, 0.717) is 10.7 Å². The van der Waals surface area contributed by atoms with Crippen molar-refractivity contribution >= 4 is 15.9 Å². The van der Waals surface area contributed by atoms with Crippen molar-refractivity contribution in [3.63, 3.8) is 0 Å². The third kappa shape index (κ3) is 3.09. The third-order valence-electron chi connectivity index (χ3n) is 2.43.